The van der Waals surface area contributed by atoms with Gasteiger partial charge in [0.25, 0.3) is 0 Å². The lowest BCUT2D eigenvalue weighted by atomic mass is 9.55. The summed E-state index contributed by atoms with van der Waals surface area (Å²) in [6, 6.07) is 0. The van der Waals surface area contributed by atoms with Gasteiger partial charge in [-0.25, -0.2) is 4.79 Å². The number of rotatable bonds is 1. The first-order chi connectivity index (χ1) is 10.1. The average Bonchev–Trinajstić information content (AvgIpc) is 2.82. The standard InChI is InChI=1S/C17H30N2O3/c1-15(2,3)22-14(20)19-9-8-16(21,11-19)17(18)10-12-4-6-13(17)7-5-12/h12-13,21H,4-11,18H2,1-3H3. The summed E-state index contributed by atoms with van der Waals surface area (Å²) in [6.45, 7) is 6.41. The van der Waals surface area contributed by atoms with Crippen LogP contribution in [0.25, 0.3) is 0 Å². The highest BCUT2D eigenvalue weighted by atomic mass is 16.6. The summed E-state index contributed by atoms with van der Waals surface area (Å²) in [5.41, 5.74) is 4.73. The lowest BCUT2D eigenvalue weighted by Gasteiger charge is -2.56. The first-order valence-corrected chi connectivity index (χ1v) is 8.62. The Labute approximate surface area is 133 Å². The van der Waals surface area contributed by atoms with E-state index in [1.165, 1.54) is 12.8 Å². The van der Waals surface area contributed by atoms with Crippen LogP contribution in [0.15, 0.2) is 0 Å². The number of carbonyl (C=O) groups is 1. The molecule has 1 saturated heterocycles. The molecule has 126 valence electrons. The third-order valence-corrected chi connectivity index (χ3v) is 5.97. The summed E-state index contributed by atoms with van der Waals surface area (Å²) in [4.78, 5) is 13.9. The van der Waals surface area contributed by atoms with Crippen molar-refractivity contribution in [3.8, 4) is 0 Å². The fraction of sp³-hybridized carbons (Fsp3) is 0.941. The second-order valence-corrected chi connectivity index (χ2v) is 8.65. The van der Waals surface area contributed by atoms with Crippen molar-refractivity contribution in [2.24, 2.45) is 17.6 Å². The van der Waals surface area contributed by atoms with E-state index in [4.69, 9.17) is 10.5 Å². The Morgan fingerprint density at radius 1 is 1.27 bits per heavy atom. The fourth-order valence-electron chi connectivity index (χ4n) is 4.75. The van der Waals surface area contributed by atoms with E-state index < -0.39 is 16.7 Å². The van der Waals surface area contributed by atoms with E-state index in [1.807, 2.05) is 20.8 Å². The number of fused-ring (bicyclic) bond motifs is 3. The average molecular weight is 310 g/mol. The molecule has 3 N–H and O–H groups in total. The van der Waals surface area contributed by atoms with Gasteiger partial charge in [-0.2, -0.15) is 0 Å². The summed E-state index contributed by atoms with van der Waals surface area (Å²) in [7, 11) is 0. The zero-order valence-corrected chi connectivity index (χ0v) is 14.1. The minimum Gasteiger partial charge on any atom is -0.444 e. The zero-order valence-electron chi connectivity index (χ0n) is 14.1. The summed E-state index contributed by atoms with van der Waals surface area (Å²) in [5, 5.41) is 11.2. The number of carbonyl (C=O) groups excluding carboxylic acids is 1. The summed E-state index contributed by atoms with van der Waals surface area (Å²) in [6.07, 6.45) is 5.85. The van der Waals surface area contributed by atoms with Crippen molar-refractivity contribution in [2.45, 2.75) is 76.0 Å². The van der Waals surface area contributed by atoms with Crippen LogP contribution in [0, 0.1) is 11.8 Å². The summed E-state index contributed by atoms with van der Waals surface area (Å²) >= 11 is 0. The molecule has 4 fully saturated rings. The van der Waals surface area contributed by atoms with Gasteiger partial charge in [0, 0.05) is 12.1 Å². The molecular formula is C17H30N2O3. The maximum atomic E-state index is 12.2. The maximum absolute atomic E-state index is 12.2. The molecule has 1 amide bonds. The van der Waals surface area contributed by atoms with Crippen molar-refractivity contribution in [1.82, 2.24) is 4.90 Å². The van der Waals surface area contributed by atoms with E-state index >= 15 is 0 Å². The smallest absolute Gasteiger partial charge is 0.410 e. The molecule has 4 rings (SSSR count). The third kappa shape index (κ3) is 2.62. The summed E-state index contributed by atoms with van der Waals surface area (Å²) < 4.78 is 5.43. The topological polar surface area (TPSA) is 75.8 Å². The van der Waals surface area contributed by atoms with Crippen LogP contribution in [0.1, 0.15) is 59.3 Å². The normalized spacial score (nSPS) is 41.8. The molecule has 3 aliphatic carbocycles. The van der Waals surface area contributed by atoms with E-state index in [0.29, 0.717) is 31.3 Å². The van der Waals surface area contributed by atoms with Gasteiger partial charge in [-0.3, -0.25) is 0 Å². The highest BCUT2D eigenvalue weighted by molar-refractivity contribution is 5.68. The second kappa shape index (κ2) is 5.10. The minimum atomic E-state index is -0.965. The van der Waals surface area contributed by atoms with Gasteiger partial charge < -0.3 is 20.5 Å². The van der Waals surface area contributed by atoms with Gasteiger partial charge in [-0.1, -0.05) is 12.8 Å². The van der Waals surface area contributed by atoms with E-state index in [-0.39, 0.29) is 6.09 Å². The van der Waals surface area contributed by atoms with Crippen LogP contribution in [0.5, 0.6) is 0 Å². The van der Waals surface area contributed by atoms with Crippen molar-refractivity contribution in [1.29, 1.82) is 0 Å². The van der Waals surface area contributed by atoms with Crippen LogP contribution in [0.2, 0.25) is 0 Å². The SMILES string of the molecule is CC(C)(C)OC(=O)N1CCC(O)(C2(N)CC3CCC2CC3)C1. The lowest BCUT2D eigenvalue weighted by Crippen LogP contribution is -2.69. The molecule has 5 nitrogen and oxygen atoms in total. The molecule has 4 aliphatic rings. The number of amides is 1. The number of ether oxygens (including phenoxy) is 1. The maximum Gasteiger partial charge on any atom is 0.410 e. The number of aliphatic hydroxyl groups is 1. The quantitative estimate of drug-likeness (QED) is 0.779. The van der Waals surface area contributed by atoms with Gasteiger partial charge >= 0.3 is 6.09 Å². The molecule has 5 heteroatoms. The Morgan fingerprint density at radius 2 is 1.91 bits per heavy atom. The third-order valence-electron chi connectivity index (χ3n) is 5.97. The first-order valence-electron chi connectivity index (χ1n) is 8.62. The Balaban J connectivity index is 1.71. The van der Waals surface area contributed by atoms with Gasteiger partial charge in [0.05, 0.1) is 6.54 Å². The molecule has 2 atom stereocenters. The molecule has 3 saturated carbocycles. The monoisotopic (exact) mass is 310 g/mol. The first kappa shape index (κ1) is 16.1. The Bertz CT molecular complexity index is 453. The molecule has 1 aliphatic heterocycles. The van der Waals surface area contributed by atoms with Gasteiger partial charge in [0.2, 0.25) is 0 Å². The van der Waals surface area contributed by atoms with E-state index in [2.05, 4.69) is 0 Å². The molecule has 0 aromatic carbocycles. The highest BCUT2D eigenvalue weighted by Crippen LogP contribution is 2.52. The summed E-state index contributed by atoms with van der Waals surface area (Å²) in [5.74, 6) is 1.04. The Hall–Kier alpha value is -0.810. The molecule has 2 unspecified atom stereocenters. The van der Waals surface area contributed by atoms with Crippen LogP contribution in [0.4, 0.5) is 4.79 Å². The predicted molar refractivity (Wildman–Crippen MR) is 84.4 cm³/mol. The molecule has 0 aromatic heterocycles. The van der Waals surface area contributed by atoms with Crippen molar-refractivity contribution < 1.29 is 14.6 Å². The van der Waals surface area contributed by atoms with Gasteiger partial charge in [0.1, 0.15) is 11.2 Å². The lowest BCUT2D eigenvalue weighted by molar-refractivity contribution is -0.0984. The van der Waals surface area contributed by atoms with Gasteiger partial charge in [0.15, 0.2) is 0 Å². The molecule has 1 heterocycles. The van der Waals surface area contributed by atoms with Gasteiger partial charge in [-0.15, -0.1) is 0 Å². The minimum absolute atomic E-state index is 0.307. The second-order valence-electron chi connectivity index (χ2n) is 8.65. The predicted octanol–water partition coefficient (Wildman–Crippen LogP) is 2.27. The van der Waals surface area contributed by atoms with Crippen LogP contribution in [-0.4, -0.2) is 45.9 Å². The molecule has 0 aromatic rings. The van der Waals surface area contributed by atoms with Crippen molar-refractivity contribution >= 4 is 6.09 Å². The van der Waals surface area contributed by atoms with Crippen molar-refractivity contribution in [3.05, 3.63) is 0 Å². The van der Waals surface area contributed by atoms with Crippen LogP contribution in [0.3, 0.4) is 0 Å². The largest absolute Gasteiger partial charge is 0.444 e. The highest BCUT2D eigenvalue weighted by Gasteiger charge is 2.59. The fourth-order valence-corrected chi connectivity index (χ4v) is 4.75. The van der Waals surface area contributed by atoms with Gasteiger partial charge in [-0.05, 0) is 58.3 Å². The number of nitrogens with two attached hydrogens (primary N) is 1. The number of likely N-dealkylation sites (tertiary alicyclic amines) is 1. The van der Waals surface area contributed by atoms with Crippen LogP contribution in [-0.2, 0) is 4.74 Å². The van der Waals surface area contributed by atoms with E-state index in [0.717, 1.165) is 19.3 Å². The number of hydrogen-bond donors (Lipinski definition) is 2. The molecular weight excluding hydrogens is 280 g/mol. The molecule has 0 radical (unpaired) electrons. The van der Waals surface area contributed by atoms with Crippen LogP contribution >= 0.6 is 0 Å². The number of β-amino-alcohol motifs (C(OH)–C–C–N with tert-alkyl or cyclic N) is 1. The van der Waals surface area contributed by atoms with Crippen LogP contribution < -0.4 is 5.73 Å². The van der Waals surface area contributed by atoms with E-state index in [9.17, 15) is 9.90 Å². The Morgan fingerprint density at radius 3 is 2.41 bits per heavy atom. The zero-order chi connectivity index (χ0) is 16.2. The van der Waals surface area contributed by atoms with Crippen molar-refractivity contribution in [2.75, 3.05) is 13.1 Å². The van der Waals surface area contributed by atoms with Crippen molar-refractivity contribution in [3.63, 3.8) is 0 Å². The van der Waals surface area contributed by atoms with E-state index in [1.54, 1.807) is 4.90 Å². The molecule has 0 spiro atoms. The molecule has 2 bridgehead atoms. The molecule has 22 heavy (non-hydrogen) atoms. The number of hydrogen-bond acceptors (Lipinski definition) is 4. The Kier molecular flexibility index (Phi) is 3.72. The number of nitrogens with zero attached hydrogens (tertiary/aromatic N) is 1.